The third-order valence-electron chi connectivity index (χ3n) is 5.89. The number of amides is 1. The van der Waals surface area contributed by atoms with Crippen molar-refractivity contribution in [2.45, 2.75) is 103 Å². The van der Waals surface area contributed by atoms with Crippen molar-refractivity contribution in [3.8, 4) is 0 Å². The molecule has 0 spiro atoms. The molecule has 31 heavy (non-hydrogen) atoms. The molecule has 0 aliphatic heterocycles. The lowest BCUT2D eigenvalue weighted by atomic mass is 9.87. The van der Waals surface area contributed by atoms with E-state index >= 15 is 0 Å². The smallest absolute Gasteiger partial charge is 0.220 e. The Morgan fingerprint density at radius 3 is 2.10 bits per heavy atom. The Bertz CT molecular complexity index is 547. The van der Waals surface area contributed by atoms with Crippen molar-refractivity contribution in [1.29, 1.82) is 0 Å². The highest BCUT2D eigenvalue weighted by Crippen LogP contribution is 2.25. The maximum absolute atomic E-state index is 12.0. The van der Waals surface area contributed by atoms with Crippen molar-refractivity contribution in [3.63, 3.8) is 0 Å². The van der Waals surface area contributed by atoms with Crippen LogP contribution in [0, 0.1) is 5.92 Å². The van der Waals surface area contributed by atoms with Gasteiger partial charge in [-0.25, -0.2) is 0 Å². The fourth-order valence-corrected chi connectivity index (χ4v) is 3.93. The largest absolute Gasteiger partial charge is 0.381 e. The maximum atomic E-state index is 12.0. The summed E-state index contributed by atoms with van der Waals surface area (Å²) in [5.74, 6) is 0.770. The van der Waals surface area contributed by atoms with E-state index in [1.807, 2.05) is 0 Å². The number of carbonyl (C=O) groups is 1. The van der Waals surface area contributed by atoms with E-state index < -0.39 is 0 Å². The summed E-state index contributed by atoms with van der Waals surface area (Å²) in [6, 6.07) is 0. The zero-order valence-electron chi connectivity index (χ0n) is 20.2. The minimum atomic E-state index is 0.190. The molecular weight excluding hydrogens is 382 g/mol. The summed E-state index contributed by atoms with van der Waals surface area (Å²) in [5, 5.41) is 3.11. The molecule has 0 heterocycles. The van der Waals surface area contributed by atoms with E-state index in [0.29, 0.717) is 18.4 Å². The van der Waals surface area contributed by atoms with E-state index in [-0.39, 0.29) is 5.91 Å². The number of allylic oxidation sites excluding steroid dienone is 8. The van der Waals surface area contributed by atoms with Crippen LogP contribution < -0.4 is 5.32 Å². The second kappa shape index (κ2) is 20.3. The van der Waals surface area contributed by atoms with Crippen LogP contribution >= 0.6 is 0 Å². The summed E-state index contributed by atoms with van der Waals surface area (Å²) in [6.45, 7) is 3.05. The lowest BCUT2D eigenvalue weighted by Crippen LogP contribution is -2.33. The van der Waals surface area contributed by atoms with Crippen LogP contribution in [0.5, 0.6) is 0 Å². The molecule has 0 bridgehead atoms. The standard InChI is InChI=1S/C28H47NO2/c1-3-4-5-6-7-8-9-10-11-12-13-14-15-16-17-18-19-23-28(30)29-25-26-21-20-22-27(24-26)31-2/h7-8,10-11,13-14,16-17,26-27H,3-6,9,12,15,18-25H2,1-2H3,(H,29,30)/b8-7-,11-10-,14-13-,17-16-. The predicted molar refractivity (Wildman–Crippen MR) is 134 cm³/mol. The van der Waals surface area contributed by atoms with Crippen molar-refractivity contribution >= 4 is 5.91 Å². The van der Waals surface area contributed by atoms with Crippen molar-refractivity contribution < 1.29 is 9.53 Å². The fourth-order valence-electron chi connectivity index (χ4n) is 3.93. The monoisotopic (exact) mass is 429 g/mol. The molecule has 1 rings (SSSR count). The molecule has 176 valence electrons. The van der Waals surface area contributed by atoms with E-state index in [0.717, 1.165) is 51.5 Å². The predicted octanol–water partition coefficient (Wildman–Crippen LogP) is 7.45. The van der Waals surface area contributed by atoms with Crippen LogP contribution in [0.3, 0.4) is 0 Å². The SMILES string of the molecule is CCCCC/C=C\C/C=C\C/C=C\C/C=C\CCCC(=O)NCC1CCCC(OC)C1. The summed E-state index contributed by atoms with van der Waals surface area (Å²) < 4.78 is 5.46. The molecule has 1 fully saturated rings. The van der Waals surface area contributed by atoms with Crippen LogP contribution in [0.15, 0.2) is 48.6 Å². The number of rotatable bonds is 17. The third-order valence-corrected chi connectivity index (χ3v) is 5.89. The van der Waals surface area contributed by atoms with Gasteiger partial charge in [0.1, 0.15) is 0 Å². The highest BCUT2D eigenvalue weighted by Gasteiger charge is 2.21. The molecule has 0 aromatic rings. The van der Waals surface area contributed by atoms with Crippen molar-refractivity contribution in [2.24, 2.45) is 5.92 Å². The van der Waals surface area contributed by atoms with Gasteiger partial charge in [-0.05, 0) is 70.1 Å². The van der Waals surface area contributed by atoms with Crippen LogP contribution in [0.25, 0.3) is 0 Å². The topological polar surface area (TPSA) is 38.3 Å². The molecule has 0 radical (unpaired) electrons. The van der Waals surface area contributed by atoms with Gasteiger partial charge in [0, 0.05) is 20.1 Å². The minimum Gasteiger partial charge on any atom is -0.381 e. The number of unbranched alkanes of at least 4 members (excludes halogenated alkanes) is 4. The van der Waals surface area contributed by atoms with Crippen molar-refractivity contribution in [3.05, 3.63) is 48.6 Å². The second-order valence-electron chi connectivity index (χ2n) is 8.68. The van der Waals surface area contributed by atoms with Crippen molar-refractivity contribution in [1.82, 2.24) is 5.32 Å². The number of nitrogens with one attached hydrogen (secondary N) is 1. The Kier molecular flexibility index (Phi) is 18.0. The van der Waals surface area contributed by atoms with E-state index in [1.165, 1.54) is 38.5 Å². The van der Waals surface area contributed by atoms with E-state index in [9.17, 15) is 4.79 Å². The first-order valence-corrected chi connectivity index (χ1v) is 12.7. The number of ether oxygens (including phenoxy) is 1. The summed E-state index contributed by atoms with van der Waals surface area (Å²) in [6.07, 6.45) is 33.6. The summed E-state index contributed by atoms with van der Waals surface area (Å²) in [5.41, 5.74) is 0. The van der Waals surface area contributed by atoms with Gasteiger partial charge in [-0.15, -0.1) is 0 Å². The first-order chi connectivity index (χ1) is 15.3. The van der Waals surface area contributed by atoms with Gasteiger partial charge < -0.3 is 10.1 Å². The van der Waals surface area contributed by atoms with E-state index in [4.69, 9.17) is 4.74 Å². The van der Waals surface area contributed by atoms with Crippen LogP contribution in [-0.2, 0) is 9.53 Å². The zero-order valence-corrected chi connectivity index (χ0v) is 20.2. The molecule has 0 saturated heterocycles. The molecule has 3 nitrogen and oxygen atoms in total. The van der Waals surface area contributed by atoms with Gasteiger partial charge in [-0.3, -0.25) is 4.79 Å². The van der Waals surface area contributed by atoms with Gasteiger partial charge in [-0.1, -0.05) is 74.8 Å². The van der Waals surface area contributed by atoms with Crippen LogP contribution in [0.1, 0.15) is 96.8 Å². The number of hydrogen-bond donors (Lipinski definition) is 1. The molecule has 2 unspecified atom stereocenters. The fraction of sp³-hybridized carbons (Fsp3) is 0.679. The summed E-state index contributed by atoms with van der Waals surface area (Å²) >= 11 is 0. The third kappa shape index (κ3) is 16.7. The Labute approximate surface area is 192 Å². The lowest BCUT2D eigenvalue weighted by molar-refractivity contribution is -0.121. The molecule has 0 aromatic heterocycles. The molecule has 1 aliphatic carbocycles. The van der Waals surface area contributed by atoms with Crippen molar-refractivity contribution in [2.75, 3.05) is 13.7 Å². The molecule has 1 aliphatic rings. The normalized spacial score (nSPS) is 19.9. The molecular formula is C28H47NO2. The highest BCUT2D eigenvalue weighted by atomic mass is 16.5. The van der Waals surface area contributed by atoms with Gasteiger partial charge in [0.2, 0.25) is 5.91 Å². The molecule has 2 atom stereocenters. The Morgan fingerprint density at radius 1 is 0.871 bits per heavy atom. The number of methoxy groups -OCH3 is 1. The van der Waals surface area contributed by atoms with Gasteiger partial charge in [0.15, 0.2) is 0 Å². The Morgan fingerprint density at radius 2 is 1.48 bits per heavy atom. The van der Waals surface area contributed by atoms with E-state index in [2.05, 4.69) is 60.8 Å². The average molecular weight is 430 g/mol. The first-order valence-electron chi connectivity index (χ1n) is 12.7. The first kappa shape index (κ1) is 27.4. The summed E-state index contributed by atoms with van der Waals surface area (Å²) in [7, 11) is 1.79. The van der Waals surface area contributed by atoms with Crippen LogP contribution in [0.2, 0.25) is 0 Å². The second-order valence-corrected chi connectivity index (χ2v) is 8.68. The number of hydrogen-bond acceptors (Lipinski definition) is 2. The van der Waals surface area contributed by atoms with Crippen LogP contribution in [-0.4, -0.2) is 25.7 Å². The van der Waals surface area contributed by atoms with Gasteiger partial charge >= 0.3 is 0 Å². The molecule has 0 aromatic carbocycles. The lowest BCUT2D eigenvalue weighted by Gasteiger charge is -2.28. The van der Waals surface area contributed by atoms with Gasteiger partial charge in [0.25, 0.3) is 0 Å². The zero-order chi connectivity index (χ0) is 22.4. The average Bonchev–Trinajstić information content (AvgIpc) is 2.80. The number of carbonyl (C=O) groups excluding carboxylic acids is 1. The van der Waals surface area contributed by atoms with Gasteiger partial charge in [-0.2, -0.15) is 0 Å². The molecule has 1 N–H and O–H groups in total. The van der Waals surface area contributed by atoms with E-state index in [1.54, 1.807) is 7.11 Å². The van der Waals surface area contributed by atoms with Crippen LogP contribution in [0.4, 0.5) is 0 Å². The molecule has 1 saturated carbocycles. The highest BCUT2D eigenvalue weighted by molar-refractivity contribution is 5.75. The maximum Gasteiger partial charge on any atom is 0.220 e. The quantitative estimate of drug-likeness (QED) is 0.192. The minimum absolute atomic E-state index is 0.190. The summed E-state index contributed by atoms with van der Waals surface area (Å²) in [4.78, 5) is 12.0. The molecule has 3 heteroatoms. The molecule has 1 amide bonds. The Balaban J connectivity index is 1.94. The Hall–Kier alpha value is -1.61. The van der Waals surface area contributed by atoms with Gasteiger partial charge in [0.05, 0.1) is 6.10 Å².